The van der Waals surface area contributed by atoms with Crippen LogP contribution in [-0.4, -0.2) is 47.3 Å². The number of carboxylic acid groups (broad SMARTS) is 1. The number of anilines is 1. The molecule has 4 aliphatic rings. The summed E-state index contributed by atoms with van der Waals surface area (Å²) in [5.41, 5.74) is 4.68. The van der Waals surface area contributed by atoms with Crippen molar-refractivity contribution in [3.63, 3.8) is 0 Å². The van der Waals surface area contributed by atoms with E-state index in [0.29, 0.717) is 32.9 Å². The lowest BCUT2D eigenvalue weighted by Gasteiger charge is -2.68. The van der Waals surface area contributed by atoms with Crippen LogP contribution < -0.4 is 5.32 Å². The third-order valence-corrected chi connectivity index (χ3v) is 13.0. The summed E-state index contributed by atoms with van der Waals surface area (Å²) in [7, 11) is 0. The number of thiol groups is 1. The van der Waals surface area contributed by atoms with E-state index in [1.54, 1.807) is 12.4 Å². The lowest BCUT2D eigenvalue weighted by molar-refractivity contribution is -0.213. The van der Waals surface area contributed by atoms with Gasteiger partial charge in [0.2, 0.25) is 0 Å². The Morgan fingerprint density at radius 2 is 1.73 bits per heavy atom. The van der Waals surface area contributed by atoms with Gasteiger partial charge < -0.3 is 9.29 Å². The molecule has 6 aromatic rings. The van der Waals surface area contributed by atoms with Crippen molar-refractivity contribution in [2.45, 2.75) is 71.4 Å². The number of hydrogen-bond acceptors (Lipinski definition) is 9. The zero-order chi connectivity index (χ0) is 36.0. The van der Waals surface area contributed by atoms with Gasteiger partial charge in [0.15, 0.2) is 10.8 Å². The first kappa shape index (κ1) is 33.2. The number of thiazole rings is 1. The van der Waals surface area contributed by atoms with Crippen molar-refractivity contribution in [1.82, 2.24) is 24.7 Å². The highest BCUT2D eigenvalue weighted by atomic mass is 32.1. The highest BCUT2D eigenvalue weighted by Gasteiger charge is 2.66. The zero-order valence-corrected chi connectivity index (χ0v) is 30.9. The van der Waals surface area contributed by atoms with Crippen LogP contribution in [0.15, 0.2) is 73.2 Å². The summed E-state index contributed by atoms with van der Waals surface area (Å²) in [6.07, 6.45) is 11.5. The van der Waals surface area contributed by atoms with E-state index in [-0.39, 0.29) is 33.4 Å². The minimum Gasteiger partial charge on any atom is -0.476 e. The van der Waals surface area contributed by atoms with E-state index >= 15 is 0 Å². The highest BCUT2D eigenvalue weighted by molar-refractivity contribution is 7.75. The summed E-state index contributed by atoms with van der Waals surface area (Å²) in [6.45, 7) is 7.56. The van der Waals surface area contributed by atoms with E-state index in [4.69, 9.17) is 9.28 Å². The number of nitrogens with one attached hydrogen (secondary N) is 1. The van der Waals surface area contributed by atoms with Gasteiger partial charge in [0.1, 0.15) is 0 Å². The van der Waals surface area contributed by atoms with Gasteiger partial charge in [-0.3, -0.25) is 19.8 Å². The van der Waals surface area contributed by atoms with Crippen molar-refractivity contribution in [2.75, 3.05) is 5.32 Å². The third-order valence-electron chi connectivity index (χ3n) is 11.6. The predicted octanol–water partition coefficient (Wildman–Crippen LogP) is 9.01. The molecule has 1 amide bonds. The second-order valence-electron chi connectivity index (χ2n) is 16.2. The van der Waals surface area contributed by atoms with Crippen LogP contribution >= 0.6 is 24.2 Å². The second kappa shape index (κ2) is 11.7. The number of carbonyl (C=O) groups is 2. The SMILES string of the molecule is Cc1c(-c2ccc(-c3ccc4cncc(C(=O)Nc5nc6ccccc6s5)c4c3)nc2C(=O)O)cnn1CC12CC3(C)CC(C)(C1)CC(OS)(C3)C2. The fraction of sp³-hybridized carbons (Fsp3) is 0.350. The number of aromatic nitrogens is 5. The Bertz CT molecular complexity index is 2400. The molecule has 2 unspecified atom stereocenters. The molecule has 10 rings (SSSR count). The minimum atomic E-state index is -1.13. The molecule has 4 aromatic heterocycles. The monoisotopic (exact) mass is 730 g/mol. The number of fused-ring (bicyclic) bond motifs is 2. The Hall–Kier alpha value is -4.65. The standard InChI is InChI=1S/C40H38N6O4S2/c1-23-28(15-42-46(23)22-39-17-37(2)16-38(3,18-39)20-40(19-37,21-39)50-51)26-10-11-30(43-33(26)35(48)49)24-8-9-25-13-41-14-29(27(25)12-24)34(47)45-36-44-31-6-4-5-7-32(31)52-36/h4-15,51H,16-22H2,1-3H3,(H,48,49)(H,44,45,47). The number of amides is 1. The average Bonchev–Trinajstić information content (AvgIpc) is 3.67. The van der Waals surface area contributed by atoms with Crippen molar-refractivity contribution in [3.05, 3.63) is 90.1 Å². The molecule has 52 heavy (non-hydrogen) atoms. The quantitative estimate of drug-likeness (QED) is 0.104. The Morgan fingerprint density at radius 1 is 0.942 bits per heavy atom. The number of pyridine rings is 2. The number of para-hydroxylation sites is 1. The van der Waals surface area contributed by atoms with Crippen LogP contribution in [0.2, 0.25) is 0 Å². The Balaban J connectivity index is 1.02. The van der Waals surface area contributed by atoms with E-state index < -0.39 is 5.97 Å². The van der Waals surface area contributed by atoms with Crippen LogP contribution in [-0.2, 0) is 10.7 Å². The number of hydrogen-bond donors (Lipinski definition) is 3. The minimum absolute atomic E-state index is 0.0303. The van der Waals surface area contributed by atoms with Gasteiger partial charge in [-0.2, -0.15) is 5.10 Å². The Morgan fingerprint density at radius 3 is 2.48 bits per heavy atom. The summed E-state index contributed by atoms with van der Waals surface area (Å²) >= 11 is 5.79. The first-order chi connectivity index (χ1) is 24.9. The van der Waals surface area contributed by atoms with Gasteiger partial charge in [0.05, 0.1) is 33.3 Å². The number of benzene rings is 2. The highest BCUT2D eigenvalue weighted by Crippen LogP contribution is 2.72. The second-order valence-corrected chi connectivity index (χ2v) is 17.4. The number of nitrogens with zero attached hydrogens (tertiary/aromatic N) is 5. The predicted molar refractivity (Wildman–Crippen MR) is 205 cm³/mol. The molecule has 0 saturated heterocycles. The van der Waals surface area contributed by atoms with Gasteiger partial charge in [0, 0.05) is 46.7 Å². The first-order valence-corrected chi connectivity index (χ1v) is 18.7. The number of carbonyl (C=O) groups excluding carboxylic acids is 1. The van der Waals surface area contributed by atoms with Crippen molar-refractivity contribution in [3.8, 4) is 22.4 Å². The molecule has 0 aliphatic heterocycles. The molecule has 2 atom stereocenters. The summed E-state index contributed by atoms with van der Waals surface area (Å²) in [5.74, 6) is -1.46. The van der Waals surface area contributed by atoms with Crippen LogP contribution in [0.3, 0.4) is 0 Å². The fourth-order valence-corrected chi connectivity index (χ4v) is 11.9. The molecule has 2 N–H and O–H groups in total. The number of aromatic carboxylic acids is 1. The first-order valence-electron chi connectivity index (χ1n) is 17.5. The smallest absolute Gasteiger partial charge is 0.355 e. The van der Waals surface area contributed by atoms with E-state index in [2.05, 4.69) is 51.7 Å². The van der Waals surface area contributed by atoms with Gasteiger partial charge in [-0.1, -0.05) is 49.4 Å². The molecule has 10 nitrogen and oxygen atoms in total. The lowest BCUT2D eigenvalue weighted by Crippen LogP contribution is -2.63. The van der Waals surface area contributed by atoms with Gasteiger partial charge in [0.25, 0.3) is 5.91 Å². The summed E-state index contributed by atoms with van der Waals surface area (Å²) < 4.78 is 9.01. The summed E-state index contributed by atoms with van der Waals surface area (Å²) in [6, 6.07) is 16.9. The molecule has 4 bridgehead atoms. The molecular weight excluding hydrogens is 693 g/mol. The summed E-state index contributed by atoms with van der Waals surface area (Å²) in [4.78, 5) is 39.8. The molecule has 4 saturated carbocycles. The van der Waals surface area contributed by atoms with Crippen molar-refractivity contribution in [2.24, 2.45) is 16.2 Å². The third kappa shape index (κ3) is 5.50. The Labute approximate surface area is 310 Å². The average molecular weight is 731 g/mol. The van der Waals surface area contributed by atoms with E-state index in [9.17, 15) is 14.7 Å². The molecular formula is C40H38N6O4S2. The maximum atomic E-state index is 13.5. The molecule has 0 radical (unpaired) electrons. The normalized spacial score (nSPS) is 26.3. The number of rotatable bonds is 8. The van der Waals surface area contributed by atoms with E-state index in [1.807, 2.05) is 61.5 Å². The molecule has 4 fully saturated rings. The molecule has 12 heteroatoms. The largest absolute Gasteiger partial charge is 0.476 e. The topological polar surface area (TPSA) is 132 Å². The molecule has 4 heterocycles. The number of carboxylic acids is 1. The van der Waals surface area contributed by atoms with Crippen LogP contribution in [0.5, 0.6) is 0 Å². The fourth-order valence-electron chi connectivity index (χ4n) is 10.9. The van der Waals surface area contributed by atoms with Crippen LogP contribution in [0.25, 0.3) is 43.4 Å². The van der Waals surface area contributed by atoms with Crippen molar-refractivity contribution < 1.29 is 18.9 Å². The van der Waals surface area contributed by atoms with Gasteiger partial charge in [-0.25, -0.2) is 14.8 Å². The van der Waals surface area contributed by atoms with Crippen molar-refractivity contribution >= 4 is 62.2 Å². The molecule has 4 aliphatic carbocycles. The van der Waals surface area contributed by atoms with Crippen LogP contribution in [0.1, 0.15) is 78.9 Å². The van der Waals surface area contributed by atoms with Crippen LogP contribution in [0, 0.1) is 23.2 Å². The Kier molecular flexibility index (Phi) is 7.46. The summed E-state index contributed by atoms with van der Waals surface area (Å²) in [5, 5.41) is 20.1. The van der Waals surface area contributed by atoms with Gasteiger partial charge >= 0.3 is 5.97 Å². The molecule has 0 spiro atoms. The molecule has 2 aromatic carbocycles. The zero-order valence-electron chi connectivity index (χ0n) is 29.1. The lowest BCUT2D eigenvalue weighted by atomic mass is 9.39. The maximum Gasteiger partial charge on any atom is 0.355 e. The molecule has 264 valence electrons. The van der Waals surface area contributed by atoms with E-state index in [0.717, 1.165) is 65.5 Å². The van der Waals surface area contributed by atoms with Gasteiger partial charge in [-0.05, 0) is 110 Å². The maximum absolute atomic E-state index is 13.5. The van der Waals surface area contributed by atoms with Gasteiger partial charge in [-0.15, -0.1) is 0 Å². The van der Waals surface area contributed by atoms with Crippen molar-refractivity contribution in [1.29, 1.82) is 0 Å². The van der Waals surface area contributed by atoms with E-state index in [1.165, 1.54) is 24.0 Å². The van der Waals surface area contributed by atoms with Crippen LogP contribution in [0.4, 0.5) is 5.13 Å².